The SMILES string of the molecule is Cc1cc(Cl)ccc1[C@](C)(O)C1CC1. The van der Waals surface area contributed by atoms with Gasteiger partial charge in [-0.25, -0.2) is 0 Å². The van der Waals surface area contributed by atoms with Crippen LogP contribution in [0.15, 0.2) is 18.2 Å². The van der Waals surface area contributed by atoms with Gasteiger partial charge < -0.3 is 5.11 Å². The summed E-state index contributed by atoms with van der Waals surface area (Å²) in [5.74, 6) is 0.433. The van der Waals surface area contributed by atoms with Crippen LogP contribution in [-0.2, 0) is 5.60 Å². The Bertz CT molecular complexity index is 353. The summed E-state index contributed by atoms with van der Waals surface area (Å²) in [6.45, 7) is 3.90. The third-order valence-corrected chi connectivity index (χ3v) is 3.34. The Morgan fingerprint density at radius 1 is 1.43 bits per heavy atom. The number of halogens is 1. The molecule has 0 aliphatic heterocycles. The first-order valence-electron chi connectivity index (χ1n) is 5.01. The molecule has 0 bridgehead atoms. The normalized spacial score (nSPS) is 20.6. The molecule has 1 saturated carbocycles. The van der Waals surface area contributed by atoms with E-state index >= 15 is 0 Å². The van der Waals surface area contributed by atoms with Crippen molar-refractivity contribution in [3.05, 3.63) is 34.3 Å². The molecule has 0 amide bonds. The molecule has 0 aromatic heterocycles. The van der Waals surface area contributed by atoms with E-state index in [2.05, 4.69) is 0 Å². The Balaban J connectivity index is 2.40. The lowest BCUT2D eigenvalue weighted by Gasteiger charge is -2.25. The summed E-state index contributed by atoms with van der Waals surface area (Å²) in [6, 6.07) is 5.70. The van der Waals surface area contributed by atoms with E-state index < -0.39 is 5.60 Å². The largest absolute Gasteiger partial charge is 0.385 e. The van der Waals surface area contributed by atoms with Crippen molar-refractivity contribution in [3.8, 4) is 0 Å². The maximum Gasteiger partial charge on any atom is 0.0899 e. The lowest BCUT2D eigenvalue weighted by atomic mass is 9.88. The summed E-state index contributed by atoms with van der Waals surface area (Å²) < 4.78 is 0. The Labute approximate surface area is 89.7 Å². The molecule has 1 N–H and O–H groups in total. The van der Waals surface area contributed by atoms with Crippen LogP contribution in [0.4, 0.5) is 0 Å². The second-order valence-electron chi connectivity index (χ2n) is 4.38. The summed E-state index contributed by atoms with van der Waals surface area (Å²) in [6.07, 6.45) is 2.27. The first-order chi connectivity index (χ1) is 6.51. The van der Waals surface area contributed by atoms with E-state index in [1.165, 1.54) is 0 Å². The number of aryl methyl sites for hydroxylation is 1. The monoisotopic (exact) mass is 210 g/mol. The van der Waals surface area contributed by atoms with Crippen molar-refractivity contribution in [3.63, 3.8) is 0 Å². The van der Waals surface area contributed by atoms with Gasteiger partial charge >= 0.3 is 0 Å². The quantitative estimate of drug-likeness (QED) is 0.795. The minimum Gasteiger partial charge on any atom is -0.385 e. The average Bonchev–Trinajstić information content (AvgIpc) is 2.84. The molecular weight excluding hydrogens is 196 g/mol. The van der Waals surface area contributed by atoms with Crippen molar-refractivity contribution in [2.75, 3.05) is 0 Å². The fraction of sp³-hybridized carbons (Fsp3) is 0.500. The molecule has 1 fully saturated rings. The zero-order valence-corrected chi connectivity index (χ0v) is 9.30. The second kappa shape index (κ2) is 3.25. The molecular formula is C12H15ClO. The topological polar surface area (TPSA) is 20.2 Å². The summed E-state index contributed by atoms with van der Waals surface area (Å²) in [4.78, 5) is 0. The van der Waals surface area contributed by atoms with Gasteiger partial charge in [-0.2, -0.15) is 0 Å². The van der Waals surface area contributed by atoms with Crippen molar-refractivity contribution < 1.29 is 5.11 Å². The molecule has 2 heteroatoms. The molecule has 1 aromatic carbocycles. The molecule has 2 rings (SSSR count). The van der Waals surface area contributed by atoms with Gasteiger partial charge in [0.15, 0.2) is 0 Å². The third kappa shape index (κ3) is 1.67. The van der Waals surface area contributed by atoms with E-state index in [-0.39, 0.29) is 0 Å². The maximum atomic E-state index is 10.4. The van der Waals surface area contributed by atoms with E-state index in [4.69, 9.17) is 11.6 Å². The van der Waals surface area contributed by atoms with E-state index in [0.29, 0.717) is 5.92 Å². The molecule has 0 spiro atoms. The molecule has 14 heavy (non-hydrogen) atoms. The highest BCUT2D eigenvalue weighted by Gasteiger charge is 2.41. The first-order valence-corrected chi connectivity index (χ1v) is 5.38. The maximum absolute atomic E-state index is 10.4. The van der Waals surface area contributed by atoms with Crippen molar-refractivity contribution in [1.29, 1.82) is 0 Å². The Morgan fingerprint density at radius 3 is 2.57 bits per heavy atom. The molecule has 76 valence electrons. The second-order valence-corrected chi connectivity index (χ2v) is 4.82. The molecule has 1 nitrogen and oxygen atoms in total. The highest BCUT2D eigenvalue weighted by atomic mass is 35.5. The van der Waals surface area contributed by atoms with Gasteiger partial charge in [0.1, 0.15) is 0 Å². The summed E-state index contributed by atoms with van der Waals surface area (Å²) in [5.41, 5.74) is 1.42. The zero-order valence-electron chi connectivity index (χ0n) is 8.55. The minimum atomic E-state index is -0.672. The lowest BCUT2D eigenvalue weighted by Crippen LogP contribution is -2.24. The number of hydrogen-bond acceptors (Lipinski definition) is 1. The number of aliphatic hydroxyl groups is 1. The third-order valence-electron chi connectivity index (χ3n) is 3.11. The standard InChI is InChI=1S/C12H15ClO/c1-8-7-10(13)5-6-11(8)12(2,14)9-3-4-9/h5-7,9,14H,3-4H2,1-2H3/t12-/m1/s1. The fourth-order valence-corrected chi connectivity index (χ4v) is 2.29. The van der Waals surface area contributed by atoms with E-state index in [9.17, 15) is 5.11 Å². The van der Waals surface area contributed by atoms with Crippen LogP contribution in [0.5, 0.6) is 0 Å². The predicted molar refractivity (Wildman–Crippen MR) is 58.5 cm³/mol. The molecule has 1 aliphatic rings. The molecule has 0 heterocycles. The van der Waals surface area contributed by atoms with Crippen LogP contribution in [-0.4, -0.2) is 5.11 Å². The number of hydrogen-bond donors (Lipinski definition) is 1. The van der Waals surface area contributed by atoms with Crippen molar-refractivity contribution in [2.45, 2.75) is 32.3 Å². The van der Waals surface area contributed by atoms with Gasteiger partial charge in [-0.1, -0.05) is 17.7 Å². The molecule has 1 atom stereocenters. The van der Waals surface area contributed by atoms with Gasteiger partial charge in [0.25, 0.3) is 0 Å². The van der Waals surface area contributed by atoms with E-state index in [1.54, 1.807) is 0 Å². The molecule has 0 saturated heterocycles. The predicted octanol–water partition coefficient (Wildman–Crippen LogP) is 3.27. The molecule has 0 radical (unpaired) electrons. The van der Waals surface area contributed by atoms with Gasteiger partial charge in [0.05, 0.1) is 5.60 Å². The summed E-state index contributed by atoms with van der Waals surface area (Å²) in [7, 11) is 0. The van der Waals surface area contributed by atoms with E-state index in [0.717, 1.165) is 29.0 Å². The van der Waals surface area contributed by atoms with Gasteiger partial charge in [0, 0.05) is 5.02 Å². The van der Waals surface area contributed by atoms with Crippen LogP contribution < -0.4 is 0 Å². The number of rotatable bonds is 2. The zero-order chi connectivity index (χ0) is 10.3. The number of benzene rings is 1. The summed E-state index contributed by atoms with van der Waals surface area (Å²) >= 11 is 5.88. The van der Waals surface area contributed by atoms with Crippen LogP contribution in [0.2, 0.25) is 5.02 Å². The van der Waals surface area contributed by atoms with Crippen LogP contribution in [0.25, 0.3) is 0 Å². The van der Waals surface area contributed by atoms with Crippen LogP contribution in [0, 0.1) is 12.8 Å². The smallest absolute Gasteiger partial charge is 0.0899 e. The van der Waals surface area contributed by atoms with E-state index in [1.807, 2.05) is 32.0 Å². The average molecular weight is 211 g/mol. The van der Waals surface area contributed by atoms with Crippen molar-refractivity contribution in [2.24, 2.45) is 5.92 Å². The fourth-order valence-electron chi connectivity index (χ4n) is 2.06. The van der Waals surface area contributed by atoms with Gasteiger partial charge in [0.2, 0.25) is 0 Å². The van der Waals surface area contributed by atoms with Crippen LogP contribution in [0.1, 0.15) is 30.9 Å². The molecule has 1 aliphatic carbocycles. The lowest BCUT2D eigenvalue weighted by molar-refractivity contribution is 0.0325. The Morgan fingerprint density at radius 2 is 2.07 bits per heavy atom. The Kier molecular flexibility index (Phi) is 2.32. The van der Waals surface area contributed by atoms with Gasteiger partial charge in [-0.05, 0) is 55.9 Å². The molecule has 1 aromatic rings. The van der Waals surface area contributed by atoms with Crippen molar-refractivity contribution in [1.82, 2.24) is 0 Å². The highest BCUT2D eigenvalue weighted by molar-refractivity contribution is 6.30. The molecule has 0 unspecified atom stereocenters. The Hall–Kier alpha value is -0.530. The van der Waals surface area contributed by atoms with Crippen molar-refractivity contribution >= 4 is 11.6 Å². The van der Waals surface area contributed by atoms with Gasteiger partial charge in [-0.15, -0.1) is 0 Å². The first kappa shape index (κ1) is 10.0. The van der Waals surface area contributed by atoms with Crippen LogP contribution in [0.3, 0.4) is 0 Å². The van der Waals surface area contributed by atoms with Gasteiger partial charge in [-0.3, -0.25) is 0 Å². The minimum absolute atomic E-state index is 0.433. The summed E-state index contributed by atoms with van der Waals surface area (Å²) in [5, 5.41) is 11.1. The van der Waals surface area contributed by atoms with Crippen LogP contribution >= 0.6 is 11.6 Å². The highest BCUT2D eigenvalue weighted by Crippen LogP contribution is 2.46.